The van der Waals surface area contributed by atoms with E-state index < -0.39 is 5.41 Å². The molecule has 2 aromatic rings. The predicted octanol–water partition coefficient (Wildman–Crippen LogP) is 4.59. The van der Waals surface area contributed by atoms with Gasteiger partial charge in [0.1, 0.15) is 0 Å². The lowest BCUT2D eigenvalue weighted by atomic mass is 9.83. The zero-order valence-electron chi connectivity index (χ0n) is 12.0. The second-order valence-corrected chi connectivity index (χ2v) is 6.32. The van der Waals surface area contributed by atoms with Crippen molar-refractivity contribution in [3.8, 4) is 0 Å². The average molecular weight is 322 g/mol. The van der Waals surface area contributed by atoms with Gasteiger partial charge in [-0.25, -0.2) is 0 Å². The molecule has 0 aliphatic carbocycles. The summed E-state index contributed by atoms with van der Waals surface area (Å²) in [5, 5.41) is 4.28. The molecule has 0 radical (unpaired) electrons. The van der Waals surface area contributed by atoms with E-state index in [4.69, 9.17) is 23.2 Å². The van der Waals surface area contributed by atoms with Crippen LogP contribution in [-0.2, 0) is 16.8 Å². The van der Waals surface area contributed by atoms with Gasteiger partial charge in [-0.3, -0.25) is 4.79 Å². The van der Waals surface area contributed by atoms with Gasteiger partial charge >= 0.3 is 0 Å². The number of carbonyl (C=O) groups is 1. The van der Waals surface area contributed by atoms with Crippen LogP contribution in [0.5, 0.6) is 0 Å². The fourth-order valence-corrected chi connectivity index (χ4v) is 2.39. The first-order valence-corrected chi connectivity index (χ1v) is 7.44. The van der Waals surface area contributed by atoms with Crippen LogP contribution < -0.4 is 5.32 Å². The Morgan fingerprint density at radius 3 is 2.33 bits per heavy atom. The van der Waals surface area contributed by atoms with Gasteiger partial charge in [-0.2, -0.15) is 0 Å². The first kappa shape index (κ1) is 15.9. The molecule has 0 saturated carbocycles. The molecule has 110 valence electrons. The van der Waals surface area contributed by atoms with Crippen LogP contribution in [0.4, 0.5) is 0 Å². The van der Waals surface area contributed by atoms with E-state index in [1.807, 2.05) is 50.2 Å². The lowest BCUT2D eigenvalue weighted by Gasteiger charge is -2.24. The topological polar surface area (TPSA) is 29.1 Å². The Balaban J connectivity index is 2.06. The molecule has 21 heavy (non-hydrogen) atoms. The number of carbonyl (C=O) groups excluding carboxylic acids is 1. The fraction of sp³-hybridized carbons (Fsp3) is 0.235. The summed E-state index contributed by atoms with van der Waals surface area (Å²) in [6.07, 6.45) is 0. The van der Waals surface area contributed by atoms with Gasteiger partial charge in [0.2, 0.25) is 5.91 Å². The zero-order chi connectivity index (χ0) is 15.5. The van der Waals surface area contributed by atoms with Gasteiger partial charge in [-0.05, 0) is 49.2 Å². The fourth-order valence-electron chi connectivity index (χ4n) is 2.05. The Bertz CT molecular complexity index is 635. The number of amides is 1. The Morgan fingerprint density at radius 2 is 1.71 bits per heavy atom. The third-order valence-electron chi connectivity index (χ3n) is 3.48. The second kappa shape index (κ2) is 6.50. The van der Waals surface area contributed by atoms with Crippen molar-refractivity contribution >= 4 is 29.1 Å². The third-order valence-corrected chi connectivity index (χ3v) is 3.96. The maximum absolute atomic E-state index is 12.4. The van der Waals surface area contributed by atoms with Gasteiger partial charge in [0.25, 0.3) is 0 Å². The van der Waals surface area contributed by atoms with E-state index in [2.05, 4.69) is 5.32 Å². The Hall–Kier alpha value is -1.51. The molecule has 0 unspecified atom stereocenters. The van der Waals surface area contributed by atoms with Crippen LogP contribution in [0.3, 0.4) is 0 Å². The Kier molecular flexibility index (Phi) is 4.92. The van der Waals surface area contributed by atoms with Gasteiger partial charge < -0.3 is 5.32 Å². The summed E-state index contributed by atoms with van der Waals surface area (Å²) in [6.45, 7) is 4.24. The van der Waals surface area contributed by atoms with Gasteiger partial charge in [-0.15, -0.1) is 0 Å². The van der Waals surface area contributed by atoms with Crippen LogP contribution in [0.25, 0.3) is 0 Å². The van der Waals surface area contributed by atoms with E-state index in [9.17, 15) is 4.79 Å². The maximum Gasteiger partial charge on any atom is 0.230 e. The van der Waals surface area contributed by atoms with Crippen molar-refractivity contribution < 1.29 is 4.79 Å². The molecule has 2 nitrogen and oxygen atoms in total. The molecule has 0 saturated heterocycles. The molecule has 0 heterocycles. The summed E-state index contributed by atoms with van der Waals surface area (Å²) in [5.74, 6) is -0.0372. The third kappa shape index (κ3) is 3.99. The van der Waals surface area contributed by atoms with Crippen molar-refractivity contribution in [3.05, 3.63) is 69.7 Å². The molecule has 1 amide bonds. The summed E-state index contributed by atoms with van der Waals surface area (Å²) < 4.78 is 0. The van der Waals surface area contributed by atoms with Crippen molar-refractivity contribution in [2.45, 2.75) is 25.8 Å². The first-order chi connectivity index (χ1) is 9.89. The number of benzene rings is 2. The molecule has 0 bridgehead atoms. The molecule has 4 heteroatoms. The van der Waals surface area contributed by atoms with Gasteiger partial charge in [0.15, 0.2) is 0 Å². The SMILES string of the molecule is CC(C)(C(=O)NCc1cccc(Cl)c1)c1ccc(Cl)cc1. The maximum atomic E-state index is 12.4. The monoisotopic (exact) mass is 321 g/mol. The first-order valence-electron chi connectivity index (χ1n) is 6.68. The highest BCUT2D eigenvalue weighted by Gasteiger charge is 2.29. The van der Waals surface area contributed by atoms with Crippen molar-refractivity contribution in [1.29, 1.82) is 0 Å². The Labute approximate surface area is 135 Å². The van der Waals surface area contributed by atoms with Crippen LogP contribution >= 0.6 is 23.2 Å². The van der Waals surface area contributed by atoms with E-state index >= 15 is 0 Å². The Morgan fingerprint density at radius 1 is 1.05 bits per heavy atom. The van der Waals surface area contributed by atoms with Crippen LogP contribution in [-0.4, -0.2) is 5.91 Å². The van der Waals surface area contributed by atoms with Crippen LogP contribution in [0.1, 0.15) is 25.0 Å². The number of halogens is 2. The van der Waals surface area contributed by atoms with E-state index in [1.54, 1.807) is 12.1 Å². The minimum atomic E-state index is -0.622. The predicted molar refractivity (Wildman–Crippen MR) is 87.8 cm³/mol. The van der Waals surface area contributed by atoms with Gasteiger partial charge in [-0.1, -0.05) is 47.5 Å². The average Bonchev–Trinajstić information content (AvgIpc) is 2.45. The molecule has 0 atom stereocenters. The summed E-state index contributed by atoms with van der Waals surface area (Å²) in [4.78, 5) is 12.4. The molecule has 2 rings (SSSR count). The molecule has 0 aliphatic rings. The van der Waals surface area contributed by atoms with Crippen molar-refractivity contribution in [3.63, 3.8) is 0 Å². The molecule has 1 N–H and O–H groups in total. The molecule has 0 aromatic heterocycles. The van der Waals surface area contributed by atoms with Crippen molar-refractivity contribution in [2.24, 2.45) is 0 Å². The van der Waals surface area contributed by atoms with E-state index in [0.29, 0.717) is 16.6 Å². The number of nitrogens with one attached hydrogen (secondary N) is 1. The molecular formula is C17H17Cl2NO. The summed E-state index contributed by atoms with van der Waals surface area (Å²) in [7, 11) is 0. The normalized spacial score (nSPS) is 11.2. The molecular weight excluding hydrogens is 305 g/mol. The zero-order valence-corrected chi connectivity index (χ0v) is 13.5. The number of hydrogen-bond donors (Lipinski definition) is 1. The van der Waals surface area contributed by atoms with Crippen LogP contribution in [0.2, 0.25) is 10.0 Å². The molecule has 0 aliphatic heterocycles. The largest absolute Gasteiger partial charge is 0.351 e. The summed E-state index contributed by atoms with van der Waals surface area (Å²) in [5.41, 5.74) is 1.28. The van der Waals surface area contributed by atoms with Crippen molar-refractivity contribution in [2.75, 3.05) is 0 Å². The molecule has 2 aromatic carbocycles. The lowest BCUT2D eigenvalue weighted by molar-refractivity contribution is -0.125. The van der Waals surface area contributed by atoms with Crippen LogP contribution in [0, 0.1) is 0 Å². The van der Waals surface area contributed by atoms with Gasteiger partial charge in [0.05, 0.1) is 5.41 Å². The standard InChI is InChI=1S/C17H17Cl2NO/c1-17(2,13-6-8-14(18)9-7-13)16(21)20-11-12-4-3-5-15(19)10-12/h3-10H,11H2,1-2H3,(H,20,21). The van der Waals surface area contributed by atoms with E-state index in [-0.39, 0.29) is 5.91 Å². The smallest absolute Gasteiger partial charge is 0.230 e. The summed E-state index contributed by atoms with van der Waals surface area (Å²) in [6, 6.07) is 14.8. The molecule has 0 spiro atoms. The highest BCUT2D eigenvalue weighted by Crippen LogP contribution is 2.25. The van der Waals surface area contributed by atoms with Crippen molar-refractivity contribution in [1.82, 2.24) is 5.32 Å². The van der Waals surface area contributed by atoms with Crippen LogP contribution in [0.15, 0.2) is 48.5 Å². The van der Waals surface area contributed by atoms with E-state index in [0.717, 1.165) is 11.1 Å². The second-order valence-electron chi connectivity index (χ2n) is 5.44. The highest BCUT2D eigenvalue weighted by molar-refractivity contribution is 6.30. The van der Waals surface area contributed by atoms with E-state index in [1.165, 1.54) is 0 Å². The highest BCUT2D eigenvalue weighted by atomic mass is 35.5. The summed E-state index contributed by atoms with van der Waals surface area (Å²) >= 11 is 11.8. The lowest BCUT2D eigenvalue weighted by Crippen LogP contribution is -2.39. The van der Waals surface area contributed by atoms with Gasteiger partial charge in [0, 0.05) is 16.6 Å². The minimum absolute atomic E-state index is 0.0372. The minimum Gasteiger partial charge on any atom is -0.351 e. The number of hydrogen-bond acceptors (Lipinski definition) is 1. The number of rotatable bonds is 4. The molecule has 0 fully saturated rings. The quantitative estimate of drug-likeness (QED) is 0.876.